The Morgan fingerprint density at radius 1 is 1.44 bits per heavy atom. The largest absolute Gasteiger partial charge is 0.368 e. The van der Waals surface area contributed by atoms with Gasteiger partial charge in [0.2, 0.25) is 5.91 Å². The highest BCUT2D eigenvalue weighted by molar-refractivity contribution is 7.99. The molecule has 1 amide bonds. The highest BCUT2D eigenvalue weighted by atomic mass is 35.5. The molecule has 1 saturated heterocycles. The van der Waals surface area contributed by atoms with Crippen LogP contribution in [-0.4, -0.2) is 30.9 Å². The average Bonchev–Trinajstić information content (AvgIpc) is 2.90. The average molecular weight is 286 g/mol. The first-order valence-corrected chi connectivity index (χ1v) is 7.40. The first-order chi connectivity index (χ1) is 8.75. The summed E-state index contributed by atoms with van der Waals surface area (Å²) >= 11 is 7.51. The zero-order chi connectivity index (χ0) is 12.8. The molecule has 98 valence electrons. The van der Waals surface area contributed by atoms with Gasteiger partial charge in [-0.15, -0.1) is 11.8 Å². The predicted octanol–water partition coefficient (Wildman–Crippen LogP) is 2.73. The molecule has 2 rings (SSSR count). The summed E-state index contributed by atoms with van der Waals surface area (Å²) in [4.78, 5) is 12.8. The molecule has 3 nitrogen and oxygen atoms in total. The first kappa shape index (κ1) is 13.7. The molecule has 1 atom stereocenters. The second-order valence-electron chi connectivity index (χ2n) is 4.10. The topological polar surface area (TPSA) is 38.3 Å². The lowest BCUT2D eigenvalue weighted by Gasteiger charge is -2.10. The summed E-state index contributed by atoms with van der Waals surface area (Å²) in [6.07, 6.45) is 1.60. The van der Waals surface area contributed by atoms with E-state index < -0.39 is 0 Å². The zero-order valence-corrected chi connectivity index (χ0v) is 11.6. The SMILES string of the molecule is O=C(NCCSc1ccc(Cl)cc1)[C@H]1CCCO1. The minimum atomic E-state index is -0.231. The number of halogens is 1. The van der Waals surface area contributed by atoms with E-state index in [9.17, 15) is 4.79 Å². The van der Waals surface area contributed by atoms with Crippen LogP contribution in [0.15, 0.2) is 29.2 Å². The van der Waals surface area contributed by atoms with Crippen LogP contribution >= 0.6 is 23.4 Å². The van der Waals surface area contributed by atoms with Gasteiger partial charge in [0.15, 0.2) is 0 Å². The lowest BCUT2D eigenvalue weighted by Crippen LogP contribution is -2.35. The summed E-state index contributed by atoms with van der Waals surface area (Å²) in [5.41, 5.74) is 0. The van der Waals surface area contributed by atoms with Crippen molar-refractivity contribution in [3.05, 3.63) is 29.3 Å². The summed E-state index contributed by atoms with van der Waals surface area (Å²) in [5, 5.41) is 3.64. The molecule has 0 saturated carbocycles. The van der Waals surface area contributed by atoms with Crippen LogP contribution in [0, 0.1) is 0 Å². The lowest BCUT2D eigenvalue weighted by atomic mass is 10.2. The van der Waals surface area contributed by atoms with Crippen molar-refractivity contribution >= 4 is 29.3 Å². The van der Waals surface area contributed by atoms with E-state index in [0.29, 0.717) is 13.2 Å². The molecule has 0 radical (unpaired) electrons. The number of amides is 1. The molecule has 18 heavy (non-hydrogen) atoms. The van der Waals surface area contributed by atoms with E-state index in [0.717, 1.165) is 28.5 Å². The second kappa shape index (κ2) is 7.02. The standard InChI is InChI=1S/C13H16ClNO2S/c14-10-3-5-11(6-4-10)18-9-7-15-13(16)12-2-1-8-17-12/h3-6,12H,1-2,7-9H2,(H,15,16)/t12-/m1/s1. The first-order valence-electron chi connectivity index (χ1n) is 6.03. The number of nitrogens with one attached hydrogen (secondary N) is 1. The Balaban J connectivity index is 1.63. The van der Waals surface area contributed by atoms with E-state index in [2.05, 4.69) is 5.32 Å². The summed E-state index contributed by atoms with van der Waals surface area (Å²) in [6, 6.07) is 7.70. The molecule has 1 aromatic carbocycles. The van der Waals surface area contributed by atoms with Gasteiger partial charge in [-0.25, -0.2) is 0 Å². The molecule has 1 aliphatic rings. The molecule has 1 aliphatic heterocycles. The van der Waals surface area contributed by atoms with E-state index in [1.165, 1.54) is 0 Å². The molecule has 1 fully saturated rings. The Hall–Kier alpha value is -0.710. The highest BCUT2D eigenvalue weighted by Gasteiger charge is 2.22. The van der Waals surface area contributed by atoms with Gasteiger partial charge in [-0.2, -0.15) is 0 Å². The summed E-state index contributed by atoms with van der Waals surface area (Å²) in [7, 11) is 0. The Morgan fingerprint density at radius 3 is 2.89 bits per heavy atom. The molecule has 1 N–H and O–H groups in total. The molecule has 0 aromatic heterocycles. The van der Waals surface area contributed by atoms with E-state index in [-0.39, 0.29) is 12.0 Å². The van der Waals surface area contributed by atoms with Gasteiger partial charge in [-0.1, -0.05) is 11.6 Å². The van der Waals surface area contributed by atoms with Gasteiger partial charge in [0.05, 0.1) is 0 Å². The van der Waals surface area contributed by atoms with Crippen LogP contribution in [0.4, 0.5) is 0 Å². The molecular formula is C13H16ClNO2S. The number of carbonyl (C=O) groups excluding carboxylic acids is 1. The lowest BCUT2D eigenvalue weighted by molar-refractivity contribution is -0.129. The minimum Gasteiger partial charge on any atom is -0.368 e. The maximum atomic E-state index is 11.6. The molecule has 1 heterocycles. The van der Waals surface area contributed by atoms with Crippen molar-refractivity contribution in [2.45, 2.75) is 23.8 Å². The normalized spacial score (nSPS) is 18.8. The van der Waals surface area contributed by atoms with Crippen LogP contribution in [-0.2, 0) is 9.53 Å². The van der Waals surface area contributed by atoms with Crippen LogP contribution < -0.4 is 5.32 Å². The van der Waals surface area contributed by atoms with E-state index in [1.807, 2.05) is 24.3 Å². The third kappa shape index (κ3) is 4.19. The van der Waals surface area contributed by atoms with Gasteiger partial charge in [0.25, 0.3) is 0 Å². The minimum absolute atomic E-state index is 0.0178. The van der Waals surface area contributed by atoms with Gasteiger partial charge in [0, 0.05) is 28.8 Å². The Morgan fingerprint density at radius 2 is 2.22 bits per heavy atom. The van der Waals surface area contributed by atoms with E-state index >= 15 is 0 Å². The van der Waals surface area contributed by atoms with Crippen LogP contribution in [0.3, 0.4) is 0 Å². The maximum absolute atomic E-state index is 11.6. The van der Waals surface area contributed by atoms with Crippen molar-refractivity contribution in [3.63, 3.8) is 0 Å². The molecule has 1 aromatic rings. The predicted molar refractivity (Wildman–Crippen MR) is 74.2 cm³/mol. The van der Waals surface area contributed by atoms with Crippen molar-refractivity contribution in [1.29, 1.82) is 0 Å². The third-order valence-corrected chi connectivity index (χ3v) is 3.97. The van der Waals surface area contributed by atoms with Gasteiger partial charge in [0.1, 0.15) is 6.10 Å². The number of benzene rings is 1. The van der Waals surface area contributed by atoms with Gasteiger partial charge < -0.3 is 10.1 Å². The van der Waals surface area contributed by atoms with Gasteiger partial charge in [-0.3, -0.25) is 4.79 Å². The fourth-order valence-electron chi connectivity index (χ4n) is 1.77. The van der Waals surface area contributed by atoms with Gasteiger partial charge >= 0.3 is 0 Å². The Labute approximate surface area is 116 Å². The van der Waals surface area contributed by atoms with Crippen LogP contribution in [0.2, 0.25) is 5.02 Å². The maximum Gasteiger partial charge on any atom is 0.249 e. The number of hydrogen-bond donors (Lipinski definition) is 1. The summed E-state index contributed by atoms with van der Waals surface area (Å²) < 4.78 is 5.31. The smallest absolute Gasteiger partial charge is 0.249 e. The Bertz CT molecular complexity index is 390. The van der Waals surface area contributed by atoms with Crippen LogP contribution in [0.1, 0.15) is 12.8 Å². The van der Waals surface area contributed by atoms with Crippen molar-refractivity contribution in [2.75, 3.05) is 18.9 Å². The summed E-state index contributed by atoms with van der Waals surface area (Å²) in [5.74, 6) is 0.865. The monoisotopic (exact) mass is 285 g/mol. The van der Waals surface area contributed by atoms with Crippen molar-refractivity contribution in [2.24, 2.45) is 0 Å². The highest BCUT2D eigenvalue weighted by Crippen LogP contribution is 2.19. The molecule has 0 unspecified atom stereocenters. The molecular weight excluding hydrogens is 270 g/mol. The number of rotatable bonds is 5. The van der Waals surface area contributed by atoms with Crippen molar-refractivity contribution in [3.8, 4) is 0 Å². The molecule has 0 spiro atoms. The van der Waals surface area contributed by atoms with Crippen LogP contribution in [0.5, 0.6) is 0 Å². The number of ether oxygens (including phenoxy) is 1. The Kier molecular flexibility index (Phi) is 5.35. The quantitative estimate of drug-likeness (QED) is 0.668. The second-order valence-corrected chi connectivity index (χ2v) is 5.70. The van der Waals surface area contributed by atoms with Crippen molar-refractivity contribution < 1.29 is 9.53 Å². The number of hydrogen-bond acceptors (Lipinski definition) is 3. The third-order valence-electron chi connectivity index (χ3n) is 2.71. The van der Waals surface area contributed by atoms with E-state index in [4.69, 9.17) is 16.3 Å². The fraction of sp³-hybridized carbons (Fsp3) is 0.462. The zero-order valence-electron chi connectivity index (χ0n) is 10.0. The van der Waals surface area contributed by atoms with E-state index in [1.54, 1.807) is 11.8 Å². The van der Waals surface area contributed by atoms with Gasteiger partial charge in [-0.05, 0) is 37.1 Å². The van der Waals surface area contributed by atoms with Crippen molar-refractivity contribution in [1.82, 2.24) is 5.32 Å². The van der Waals surface area contributed by atoms with Crippen LogP contribution in [0.25, 0.3) is 0 Å². The fourth-order valence-corrected chi connectivity index (χ4v) is 2.67. The molecule has 5 heteroatoms. The summed E-state index contributed by atoms with van der Waals surface area (Å²) in [6.45, 7) is 1.36. The molecule has 0 aliphatic carbocycles. The number of thioether (sulfide) groups is 1. The number of carbonyl (C=O) groups is 1. The molecule has 0 bridgehead atoms.